The number of rotatable bonds is 5. The predicted octanol–water partition coefficient (Wildman–Crippen LogP) is 4.55. The fourth-order valence-corrected chi connectivity index (χ4v) is 7.53. The number of imidazole rings is 1. The Kier molecular flexibility index (Phi) is 6.20. The highest BCUT2D eigenvalue weighted by molar-refractivity contribution is 7.20. The Morgan fingerprint density at radius 3 is 2.68 bits per heavy atom. The fourth-order valence-electron chi connectivity index (χ4n) is 5.68. The molecule has 12 heteroatoms. The van der Waals surface area contributed by atoms with Crippen molar-refractivity contribution in [2.75, 3.05) is 29.9 Å². The second kappa shape index (κ2) is 9.56. The molecule has 2 N–H and O–H groups in total. The third-order valence-corrected chi connectivity index (χ3v) is 9.54. The van der Waals surface area contributed by atoms with E-state index >= 15 is 0 Å². The molecule has 0 aliphatic carbocycles. The summed E-state index contributed by atoms with van der Waals surface area (Å²) in [5.74, 6) is 0.858. The van der Waals surface area contributed by atoms with Crippen molar-refractivity contribution in [3.8, 4) is 17.3 Å². The summed E-state index contributed by atoms with van der Waals surface area (Å²) in [6, 6.07) is 10.4. The number of likely N-dealkylation sites (tertiary alicyclic amines) is 1. The highest BCUT2D eigenvalue weighted by Gasteiger charge is 2.43. The van der Waals surface area contributed by atoms with Crippen molar-refractivity contribution in [2.24, 2.45) is 5.73 Å². The number of piperidine rings is 1. The van der Waals surface area contributed by atoms with Gasteiger partial charge in [0.25, 0.3) is 0 Å². The van der Waals surface area contributed by atoms with Crippen LogP contribution in [0.4, 0.5) is 20.9 Å². The number of amides is 2. The normalized spacial score (nSPS) is 19.1. The van der Waals surface area contributed by atoms with E-state index in [2.05, 4.69) is 17.9 Å². The molecule has 2 atom stereocenters. The SMILES string of the molecule is CCc1nc2sc(N3CCC4C3CCCN4C(N)=O)nn2c1N(C)c1nc(-c2ccc(C)cc2)c(C#N)s1. The first kappa shape index (κ1) is 24.6. The summed E-state index contributed by atoms with van der Waals surface area (Å²) in [7, 11) is 1.96. The molecular weight excluding hydrogens is 518 g/mol. The van der Waals surface area contributed by atoms with Crippen molar-refractivity contribution in [3.63, 3.8) is 0 Å². The van der Waals surface area contributed by atoms with E-state index in [9.17, 15) is 10.1 Å². The van der Waals surface area contributed by atoms with Crippen molar-refractivity contribution in [3.05, 3.63) is 40.4 Å². The zero-order valence-corrected chi connectivity index (χ0v) is 23.2. The third-order valence-electron chi connectivity index (χ3n) is 7.56. The van der Waals surface area contributed by atoms with Gasteiger partial charge in [-0.1, -0.05) is 59.4 Å². The average molecular weight is 548 g/mol. The number of hydrogen-bond donors (Lipinski definition) is 1. The monoisotopic (exact) mass is 547 g/mol. The first-order valence-corrected chi connectivity index (χ1v) is 14.5. The Balaban J connectivity index is 1.36. The zero-order valence-electron chi connectivity index (χ0n) is 21.6. The number of primary amides is 1. The van der Waals surface area contributed by atoms with Crippen molar-refractivity contribution < 1.29 is 4.79 Å². The summed E-state index contributed by atoms with van der Waals surface area (Å²) < 4.78 is 1.90. The molecule has 2 fully saturated rings. The largest absolute Gasteiger partial charge is 0.351 e. The molecule has 5 heterocycles. The number of hydrogen-bond acceptors (Lipinski definition) is 9. The highest BCUT2D eigenvalue weighted by atomic mass is 32.1. The van der Waals surface area contributed by atoms with Gasteiger partial charge in [-0.2, -0.15) is 9.78 Å². The van der Waals surface area contributed by atoms with Crippen LogP contribution in [0.5, 0.6) is 0 Å². The standard InChI is InChI=1S/C26H29N9OS2/c1-4-17-22(32(3)24-30-21(20(14-27)37-24)16-9-7-15(2)8-10-16)35-25(29-17)38-26(31-35)34-13-11-19-18(34)6-5-12-33(19)23(28)36/h7-10,18-19H,4-6,11-13H2,1-3H3,(H2,28,36). The molecule has 0 radical (unpaired) electrons. The van der Waals surface area contributed by atoms with Gasteiger partial charge in [0, 0.05) is 25.7 Å². The minimum atomic E-state index is -0.336. The molecule has 1 aromatic carbocycles. The molecule has 196 valence electrons. The first-order chi connectivity index (χ1) is 18.4. The van der Waals surface area contributed by atoms with Gasteiger partial charge in [-0.05, 0) is 32.6 Å². The van der Waals surface area contributed by atoms with E-state index in [0.29, 0.717) is 15.7 Å². The van der Waals surface area contributed by atoms with Crippen molar-refractivity contribution >= 4 is 49.7 Å². The molecule has 10 nitrogen and oxygen atoms in total. The van der Waals surface area contributed by atoms with Crippen LogP contribution in [0.15, 0.2) is 24.3 Å². The number of aryl methyl sites for hydroxylation is 2. The lowest BCUT2D eigenvalue weighted by atomic mass is 9.97. The molecule has 6 rings (SSSR count). The number of nitrogens with zero attached hydrogens (tertiary/aromatic N) is 8. The number of nitriles is 1. The number of thiazole rings is 1. The molecule has 2 aliphatic heterocycles. The van der Waals surface area contributed by atoms with Crippen LogP contribution in [0.3, 0.4) is 0 Å². The summed E-state index contributed by atoms with van der Waals surface area (Å²) >= 11 is 2.94. The summed E-state index contributed by atoms with van der Waals surface area (Å²) in [4.78, 5) is 29.3. The van der Waals surface area contributed by atoms with Crippen LogP contribution in [0.2, 0.25) is 0 Å². The highest BCUT2D eigenvalue weighted by Crippen LogP contribution is 2.40. The lowest BCUT2D eigenvalue weighted by Gasteiger charge is -2.38. The van der Waals surface area contributed by atoms with Gasteiger partial charge in [-0.15, -0.1) is 5.10 Å². The number of benzene rings is 1. The van der Waals surface area contributed by atoms with Crippen LogP contribution in [-0.2, 0) is 6.42 Å². The van der Waals surface area contributed by atoms with Gasteiger partial charge in [0.05, 0.1) is 17.8 Å². The second-order valence-electron chi connectivity index (χ2n) is 9.82. The Bertz CT molecular complexity index is 1550. The maximum Gasteiger partial charge on any atom is 0.315 e. The van der Waals surface area contributed by atoms with Crippen LogP contribution >= 0.6 is 22.7 Å². The summed E-state index contributed by atoms with van der Waals surface area (Å²) in [6.45, 7) is 5.68. The number of carbonyl (C=O) groups is 1. The molecule has 2 aliphatic rings. The van der Waals surface area contributed by atoms with E-state index in [1.165, 1.54) is 11.3 Å². The second-order valence-corrected chi connectivity index (χ2v) is 11.7. The molecule has 38 heavy (non-hydrogen) atoms. The Labute approximate surface area is 228 Å². The summed E-state index contributed by atoms with van der Waals surface area (Å²) in [6.07, 6.45) is 3.58. The predicted molar refractivity (Wildman–Crippen MR) is 150 cm³/mol. The molecule has 0 spiro atoms. The lowest BCUT2D eigenvalue weighted by molar-refractivity contribution is 0.156. The molecule has 2 amide bonds. The molecule has 2 saturated heterocycles. The van der Waals surface area contributed by atoms with Gasteiger partial charge in [-0.25, -0.2) is 14.8 Å². The van der Waals surface area contributed by atoms with E-state index in [1.54, 1.807) is 11.3 Å². The van der Waals surface area contributed by atoms with Crippen LogP contribution in [-0.4, -0.2) is 62.7 Å². The van der Waals surface area contributed by atoms with Crippen molar-refractivity contribution in [1.82, 2.24) is 24.5 Å². The van der Waals surface area contributed by atoms with E-state index in [-0.39, 0.29) is 18.1 Å². The summed E-state index contributed by atoms with van der Waals surface area (Å²) in [5.41, 5.74) is 9.38. The van der Waals surface area contributed by atoms with Gasteiger partial charge >= 0.3 is 6.03 Å². The molecular formula is C26H29N9OS2. The first-order valence-electron chi connectivity index (χ1n) is 12.8. The molecule has 3 aromatic heterocycles. The molecule has 0 bridgehead atoms. The number of anilines is 3. The van der Waals surface area contributed by atoms with Crippen LogP contribution in [0, 0.1) is 18.3 Å². The van der Waals surface area contributed by atoms with E-state index in [4.69, 9.17) is 20.8 Å². The third kappa shape index (κ3) is 3.97. The smallest absolute Gasteiger partial charge is 0.315 e. The van der Waals surface area contributed by atoms with Crippen LogP contribution < -0.4 is 15.5 Å². The quantitative estimate of drug-likeness (QED) is 0.389. The maximum atomic E-state index is 12.0. The van der Waals surface area contributed by atoms with E-state index in [1.807, 2.05) is 52.6 Å². The Morgan fingerprint density at radius 1 is 1.18 bits per heavy atom. The van der Waals surface area contributed by atoms with E-state index in [0.717, 1.165) is 71.5 Å². The summed E-state index contributed by atoms with van der Waals surface area (Å²) in [5, 5.41) is 16.5. The van der Waals surface area contributed by atoms with Crippen LogP contribution in [0.25, 0.3) is 16.2 Å². The van der Waals surface area contributed by atoms with Gasteiger partial charge in [0.15, 0.2) is 10.9 Å². The Hall–Kier alpha value is -3.69. The van der Waals surface area contributed by atoms with E-state index < -0.39 is 0 Å². The topological polar surface area (TPSA) is 120 Å². The van der Waals surface area contributed by atoms with Gasteiger partial charge in [0.1, 0.15) is 16.6 Å². The van der Waals surface area contributed by atoms with Crippen LogP contribution in [0.1, 0.15) is 42.3 Å². The molecule has 0 saturated carbocycles. The van der Waals surface area contributed by atoms with Gasteiger partial charge in [-0.3, -0.25) is 0 Å². The minimum absolute atomic E-state index is 0.130. The average Bonchev–Trinajstić information content (AvgIpc) is 3.69. The number of aromatic nitrogens is 4. The fraction of sp³-hybridized carbons (Fsp3) is 0.423. The number of urea groups is 1. The number of fused-ring (bicyclic) bond motifs is 2. The van der Waals surface area contributed by atoms with Gasteiger partial charge < -0.3 is 20.4 Å². The minimum Gasteiger partial charge on any atom is -0.351 e. The Morgan fingerprint density at radius 2 is 1.97 bits per heavy atom. The maximum absolute atomic E-state index is 12.0. The zero-order chi connectivity index (χ0) is 26.6. The lowest BCUT2D eigenvalue weighted by Crippen LogP contribution is -2.53. The number of carbonyl (C=O) groups excluding carboxylic acids is 1. The molecule has 2 unspecified atom stereocenters. The van der Waals surface area contributed by atoms with Crippen molar-refractivity contribution in [2.45, 2.75) is 51.6 Å². The number of nitrogens with two attached hydrogens (primary N) is 1. The molecule has 4 aromatic rings. The van der Waals surface area contributed by atoms with Crippen molar-refractivity contribution in [1.29, 1.82) is 5.26 Å². The van der Waals surface area contributed by atoms with Gasteiger partial charge in [0.2, 0.25) is 10.1 Å².